The molecule has 0 radical (unpaired) electrons. The second kappa shape index (κ2) is 9.75. The number of benzene rings is 1. The van der Waals surface area contributed by atoms with E-state index in [0.29, 0.717) is 24.7 Å². The molecule has 11 nitrogen and oxygen atoms in total. The van der Waals surface area contributed by atoms with Crippen LogP contribution in [0.15, 0.2) is 30.5 Å². The van der Waals surface area contributed by atoms with Gasteiger partial charge in [0.25, 0.3) is 5.97 Å². The van der Waals surface area contributed by atoms with Gasteiger partial charge in [-0.1, -0.05) is 12.1 Å². The molecule has 2 saturated heterocycles. The SMILES string of the molecule is COC1(N)NC=CC(Nc2cccc3c2N(S(C)(=O)=O)CC3)(N2CCC(N3CCN(C)CC3)CC2)N1. The molecule has 2 atom stereocenters. The van der Waals surface area contributed by atoms with Crippen molar-refractivity contribution in [2.45, 2.75) is 37.1 Å². The zero-order chi connectivity index (χ0) is 25.6. The molecule has 0 aromatic heterocycles. The molecule has 2 fully saturated rings. The van der Waals surface area contributed by atoms with Crippen molar-refractivity contribution in [1.29, 1.82) is 0 Å². The third-order valence-electron chi connectivity index (χ3n) is 8.02. The van der Waals surface area contributed by atoms with E-state index in [-0.39, 0.29) is 0 Å². The van der Waals surface area contributed by atoms with Gasteiger partial charge in [0.05, 0.1) is 17.6 Å². The highest BCUT2D eigenvalue weighted by Gasteiger charge is 2.46. The Morgan fingerprint density at radius 2 is 1.83 bits per heavy atom. The van der Waals surface area contributed by atoms with Crippen LogP contribution in [0.1, 0.15) is 18.4 Å². The Morgan fingerprint density at radius 1 is 1.11 bits per heavy atom. The summed E-state index contributed by atoms with van der Waals surface area (Å²) in [5.41, 5.74) is 8.94. The number of para-hydroxylation sites is 1. The number of nitrogens with two attached hydrogens (primary N) is 1. The van der Waals surface area contributed by atoms with Crippen molar-refractivity contribution in [1.82, 2.24) is 25.3 Å². The first-order valence-corrected chi connectivity index (χ1v) is 14.6. The molecule has 5 rings (SSSR count). The highest BCUT2D eigenvalue weighted by Crippen LogP contribution is 2.39. The topological polar surface area (TPSA) is 118 Å². The molecule has 0 saturated carbocycles. The lowest BCUT2D eigenvalue weighted by Gasteiger charge is -2.52. The average molecular weight is 521 g/mol. The Bertz CT molecular complexity index is 1080. The van der Waals surface area contributed by atoms with E-state index >= 15 is 0 Å². The normalized spacial score (nSPS) is 30.8. The third-order valence-corrected chi connectivity index (χ3v) is 9.18. The predicted molar refractivity (Wildman–Crippen MR) is 142 cm³/mol. The van der Waals surface area contributed by atoms with Gasteiger partial charge < -0.3 is 20.3 Å². The van der Waals surface area contributed by atoms with Gasteiger partial charge in [-0.15, -0.1) is 0 Å². The first-order chi connectivity index (χ1) is 17.1. The maximum absolute atomic E-state index is 12.6. The van der Waals surface area contributed by atoms with Gasteiger partial charge in [0, 0.05) is 65.2 Å². The van der Waals surface area contributed by atoms with E-state index < -0.39 is 21.8 Å². The molecule has 12 heteroatoms. The molecule has 0 bridgehead atoms. The molecular formula is C24H40N8O3S. The summed E-state index contributed by atoms with van der Waals surface area (Å²) in [5.74, 6) is -2.16. The molecule has 36 heavy (non-hydrogen) atoms. The van der Waals surface area contributed by atoms with Crippen molar-refractivity contribution < 1.29 is 13.2 Å². The smallest absolute Gasteiger partial charge is 0.257 e. The Morgan fingerprint density at radius 3 is 2.50 bits per heavy atom. The summed E-state index contributed by atoms with van der Waals surface area (Å²) in [6.45, 7) is 6.60. The van der Waals surface area contributed by atoms with Crippen molar-refractivity contribution in [2.75, 3.05) is 75.8 Å². The lowest BCUT2D eigenvalue weighted by atomic mass is 9.99. The molecule has 0 amide bonds. The largest absolute Gasteiger partial charge is 0.350 e. The van der Waals surface area contributed by atoms with Gasteiger partial charge in [-0.2, -0.15) is 0 Å². The highest BCUT2D eigenvalue weighted by atomic mass is 32.2. The Labute approximate surface area is 214 Å². The van der Waals surface area contributed by atoms with Crippen molar-refractivity contribution >= 4 is 21.4 Å². The number of ether oxygens (including phenoxy) is 1. The van der Waals surface area contributed by atoms with Crippen LogP contribution in [0.5, 0.6) is 0 Å². The predicted octanol–water partition coefficient (Wildman–Crippen LogP) is -0.291. The van der Waals surface area contributed by atoms with E-state index in [1.807, 2.05) is 24.3 Å². The Balaban J connectivity index is 1.42. The van der Waals surface area contributed by atoms with Gasteiger partial charge in [0.15, 0.2) is 5.79 Å². The van der Waals surface area contributed by atoms with Crippen LogP contribution < -0.4 is 26.0 Å². The zero-order valence-electron chi connectivity index (χ0n) is 21.5. The van der Waals surface area contributed by atoms with Crippen LogP contribution in [0.3, 0.4) is 0 Å². The Hall–Kier alpha value is -1.93. The molecule has 2 unspecified atom stereocenters. The third kappa shape index (κ3) is 4.95. The fourth-order valence-electron chi connectivity index (χ4n) is 5.92. The first-order valence-electron chi connectivity index (χ1n) is 12.8. The van der Waals surface area contributed by atoms with Crippen molar-refractivity contribution in [3.63, 3.8) is 0 Å². The van der Waals surface area contributed by atoms with Gasteiger partial charge in [0.1, 0.15) is 0 Å². The number of piperidine rings is 1. The first kappa shape index (κ1) is 25.7. The summed E-state index contributed by atoms with van der Waals surface area (Å²) in [6, 6.07) is 6.46. The lowest BCUT2D eigenvalue weighted by molar-refractivity contribution is -0.102. The number of rotatable bonds is 6. The number of methoxy groups -OCH3 is 1. The van der Waals surface area contributed by atoms with Crippen molar-refractivity contribution in [3.05, 3.63) is 36.0 Å². The van der Waals surface area contributed by atoms with Crippen LogP contribution in [-0.4, -0.2) is 107 Å². The fourth-order valence-corrected chi connectivity index (χ4v) is 6.89. The fraction of sp³-hybridized carbons (Fsp3) is 0.667. The number of anilines is 2. The maximum atomic E-state index is 12.6. The van der Waals surface area contributed by atoms with Gasteiger partial charge in [-0.05, 0) is 44.0 Å². The van der Waals surface area contributed by atoms with E-state index in [1.54, 1.807) is 13.3 Å². The van der Waals surface area contributed by atoms with E-state index in [1.165, 1.54) is 10.6 Å². The maximum Gasteiger partial charge on any atom is 0.257 e. The molecule has 4 aliphatic rings. The number of likely N-dealkylation sites (N-methyl/N-ethyl adjacent to an activating group) is 1. The number of piperazine rings is 1. The Kier molecular flexibility index (Phi) is 6.96. The number of fused-ring (bicyclic) bond motifs is 1. The summed E-state index contributed by atoms with van der Waals surface area (Å²) in [5, 5.41) is 10.2. The number of hydrogen-bond donors (Lipinski definition) is 4. The molecule has 0 aliphatic carbocycles. The van der Waals surface area contributed by atoms with E-state index in [9.17, 15) is 8.42 Å². The standard InChI is InChI=1S/C24H40N8O3S/c1-29-15-17-30(18-16-29)20-8-12-31(13-9-20)23(10-11-26-24(25,28-23)35-2)27-21-6-4-5-19-7-14-32(22(19)21)36(3,33)34/h4-6,10-11,20,26-28H,7-9,12-18,25H2,1-3H3. The van der Waals surface area contributed by atoms with Crippen LogP contribution in [0, 0.1) is 0 Å². The quantitative estimate of drug-likeness (QED) is 0.373. The van der Waals surface area contributed by atoms with Gasteiger partial charge in [-0.3, -0.25) is 19.8 Å². The molecule has 1 aromatic carbocycles. The van der Waals surface area contributed by atoms with Crippen molar-refractivity contribution in [3.8, 4) is 0 Å². The van der Waals surface area contributed by atoms with E-state index in [4.69, 9.17) is 10.5 Å². The van der Waals surface area contributed by atoms with E-state index in [0.717, 1.165) is 63.4 Å². The van der Waals surface area contributed by atoms with Crippen LogP contribution in [0.25, 0.3) is 0 Å². The minimum absolute atomic E-state index is 0.444. The second-order valence-corrected chi connectivity index (χ2v) is 12.3. The molecular weight excluding hydrogens is 480 g/mol. The van der Waals surface area contributed by atoms with E-state index in [2.05, 4.69) is 37.7 Å². The van der Waals surface area contributed by atoms with Gasteiger partial charge in [0.2, 0.25) is 10.0 Å². The molecule has 200 valence electrons. The van der Waals surface area contributed by atoms with Crippen LogP contribution in [-0.2, 0) is 21.2 Å². The zero-order valence-corrected chi connectivity index (χ0v) is 22.4. The lowest BCUT2D eigenvalue weighted by Crippen LogP contribution is -2.79. The van der Waals surface area contributed by atoms with Crippen LogP contribution in [0.4, 0.5) is 11.4 Å². The number of hydrogen-bond acceptors (Lipinski definition) is 10. The average Bonchev–Trinajstić information content (AvgIpc) is 3.31. The summed E-state index contributed by atoms with van der Waals surface area (Å²) < 4.78 is 32.2. The van der Waals surface area contributed by atoms with Crippen LogP contribution >= 0.6 is 0 Å². The minimum Gasteiger partial charge on any atom is -0.350 e. The highest BCUT2D eigenvalue weighted by molar-refractivity contribution is 7.92. The number of nitrogens with one attached hydrogen (secondary N) is 3. The molecule has 4 aliphatic heterocycles. The van der Waals surface area contributed by atoms with Crippen molar-refractivity contribution in [2.24, 2.45) is 5.73 Å². The van der Waals surface area contributed by atoms with Gasteiger partial charge in [-0.25, -0.2) is 13.7 Å². The summed E-state index contributed by atoms with van der Waals surface area (Å²) in [6.07, 6.45) is 7.84. The summed E-state index contributed by atoms with van der Waals surface area (Å²) in [7, 11) is 0.331. The monoisotopic (exact) mass is 520 g/mol. The number of likely N-dealkylation sites (tertiary alicyclic amines) is 1. The second-order valence-electron chi connectivity index (χ2n) is 10.4. The summed E-state index contributed by atoms with van der Waals surface area (Å²) in [4.78, 5) is 7.36. The minimum atomic E-state index is -3.40. The molecule has 5 N–H and O–H groups in total. The molecule has 4 heterocycles. The summed E-state index contributed by atoms with van der Waals surface area (Å²) >= 11 is 0. The number of nitrogens with zero attached hydrogens (tertiary/aromatic N) is 4. The van der Waals surface area contributed by atoms with Gasteiger partial charge >= 0.3 is 0 Å². The van der Waals surface area contributed by atoms with Crippen LogP contribution in [0.2, 0.25) is 0 Å². The molecule has 1 aromatic rings. The number of sulfonamides is 1. The molecule has 0 spiro atoms.